The van der Waals surface area contributed by atoms with E-state index >= 15 is 0 Å². The molecule has 1 N–H and O–H groups in total. The van der Waals surface area contributed by atoms with E-state index in [1.54, 1.807) is 11.3 Å². The molecule has 25 heavy (non-hydrogen) atoms. The molecule has 3 rings (SSSR count). The summed E-state index contributed by atoms with van der Waals surface area (Å²) >= 11 is 3.02. The standard InChI is InChI=1S/C17H17FN4OS2/c1-3-14-8-11(9-24-14)16-20-21-17(22(16)2)25-10-15(23)19-13-6-4-12(18)5-7-13/h4-9H,3,10H2,1-2H3,(H,19,23). The van der Waals surface area contributed by atoms with Crippen LogP contribution < -0.4 is 5.32 Å². The van der Waals surface area contributed by atoms with Gasteiger partial charge in [-0.05, 0) is 36.8 Å². The van der Waals surface area contributed by atoms with E-state index in [-0.39, 0.29) is 17.5 Å². The fourth-order valence-corrected chi connectivity index (χ4v) is 3.76. The molecular formula is C17H17FN4OS2. The highest BCUT2D eigenvalue weighted by Gasteiger charge is 2.14. The van der Waals surface area contributed by atoms with Crippen molar-refractivity contribution in [1.29, 1.82) is 0 Å². The Balaban J connectivity index is 1.61. The molecular weight excluding hydrogens is 359 g/mol. The zero-order valence-corrected chi connectivity index (χ0v) is 15.5. The minimum atomic E-state index is -0.335. The van der Waals surface area contributed by atoms with Crippen LogP contribution in [0.4, 0.5) is 10.1 Å². The molecule has 0 unspecified atom stereocenters. The Morgan fingerprint density at radius 1 is 1.32 bits per heavy atom. The Kier molecular flexibility index (Phi) is 5.50. The summed E-state index contributed by atoms with van der Waals surface area (Å²) in [4.78, 5) is 13.3. The SMILES string of the molecule is CCc1cc(-c2nnc(SCC(=O)Nc3ccc(F)cc3)n2C)cs1. The number of halogens is 1. The molecule has 0 saturated carbocycles. The van der Waals surface area contributed by atoms with Crippen molar-refractivity contribution in [3.05, 3.63) is 46.4 Å². The highest BCUT2D eigenvalue weighted by atomic mass is 32.2. The molecule has 0 bridgehead atoms. The number of thiophene rings is 1. The van der Waals surface area contributed by atoms with Crippen molar-refractivity contribution >= 4 is 34.7 Å². The quantitative estimate of drug-likeness (QED) is 0.661. The zero-order valence-electron chi connectivity index (χ0n) is 13.8. The Morgan fingerprint density at radius 2 is 2.08 bits per heavy atom. The minimum absolute atomic E-state index is 0.176. The highest BCUT2D eigenvalue weighted by Crippen LogP contribution is 2.27. The van der Waals surface area contributed by atoms with Crippen molar-refractivity contribution in [1.82, 2.24) is 14.8 Å². The van der Waals surface area contributed by atoms with E-state index in [0.717, 1.165) is 17.8 Å². The maximum atomic E-state index is 12.9. The third-order valence-electron chi connectivity index (χ3n) is 3.56. The third-order valence-corrected chi connectivity index (χ3v) is 5.66. The molecule has 1 amide bonds. The van der Waals surface area contributed by atoms with Crippen LogP contribution in [-0.2, 0) is 18.3 Å². The molecule has 130 valence electrons. The summed E-state index contributed by atoms with van der Waals surface area (Å²) in [5, 5.41) is 13.9. The molecule has 5 nitrogen and oxygen atoms in total. The first-order valence-electron chi connectivity index (χ1n) is 7.72. The second-order valence-corrected chi connectivity index (χ2v) is 7.30. The first kappa shape index (κ1) is 17.6. The second-order valence-electron chi connectivity index (χ2n) is 5.36. The van der Waals surface area contributed by atoms with Gasteiger partial charge in [-0.15, -0.1) is 21.5 Å². The molecule has 8 heteroatoms. The van der Waals surface area contributed by atoms with Gasteiger partial charge in [0.05, 0.1) is 5.75 Å². The van der Waals surface area contributed by atoms with Crippen LogP contribution in [0.2, 0.25) is 0 Å². The van der Waals surface area contributed by atoms with Crippen molar-refractivity contribution in [2.75, 3.05) is 11.1 Å². The van der Waals surface area contributed by atoms with Gasteiger partial charge in [-0.25, -0.2) is 4.39 Å². The summed E-state index contributed by atoms with van der Waals surface area (Å²) in [6, 6.07) is 7.79. The van der Waals surface area contributed by atoms with Gasteiger partial charge in [-0.2, -0.15) is 0 Å². The Morgan fingerprint density at radius 3 is 2.76 bits per heavy atom. The van der Waals surface area contributed by atoms with E-state index in [1.165, 1.54) is 40.9 Å². The predicted octanol–water partition coefficient (Wildman–Crippen LogP) is 3.98. The van der Waals surface area contributed by atoms with Gasteiger partial charge in [0.1, 0.15) is 5.82 Å². The number of amides is 1. The minimum Gasteiger partial charge on any atom is -0.325 e. The van der Waals surface area contributed by atoms with Gasteiger partial charge in [0.2, 0.25) is 5.91 Å². The number of nitrogens with zero attached hydrogens (tertiary/aromatic N) is 3. The molecule has 0 atom stereocenters. The monoisotopic (exact) mass is 376 g/mol. The maximum Gasteiger partial charge on any atom is 0.234 e. The smallest absolute Gasteiger partial charge is 0.234 e. The lowest BCUT2D eigenvalue weighted by Crippen LogP contribution is -2.14. The molecule has 0 aliphatic rings. The van der Waals surface area contributed by atoms with Crippen LogP contribution in [0.15, 0.2) is 40.9 Å². The van der Waals surface area contributed by atoms with E-state index in [2.05, 4.69) is 33.9 Å². The molecule has 0 fully saturated rings. The van der Waals surface area contributed by atoms with E-state index in [0.29, 0.717) is 10.8 Å². The number of carbonyl (C=O) groups is 1. The number of hydrogen-bond acceptors (Lipinski definition) is 5. The Hall–Kier alpha value is -2.19. The van der Waals surface area contributed by atoms with Gasteiger partial charge in [-0.3, -0.25) is 4.79 Å². The molecule has 2 heterocycles. The molecule has 2 aromatic heterocycles. The predicted molar refractivity (Wildman–Crippen MR) is 99.4 cm³/mol. The molecule has 1 aromatic carbocycles. The highest BCUT2D eigenvalue weighted by molar-refractivity contribution is 7.99. The number of rotatable bonds is 6. The lowest BCUT2D eigenvalue weighted by Gasteiger charge is -2.05. The van der Waals surface area contributed by atoms with Crippen LogP contribution in [0, 0.1) is 5.82 Å². The zero-order chi connectivity index (χ0) is 17.8. The van der Waals surface area contributed by atoms with E-state index in [1.807, 2.05) is 11.6 Å². The normalized spacial score (nSPS) is 10.8. The van der Waals surface area contributed by atoms with Crippen molar-refractivity contribution < 1.29 is 9.18 Å². The van der Waals surface area contributed by atoms with Crippen LogP contribution in [0.1, 0.15) is 11.8 Å². The average molecular weight is 376 g/mol. The molecule has 0 aliphatic heterocycles. The van der Waals surface area contributed by atoms with Crippen LogP contribution in [-0.4, -0.2) is 26.4 Å². The van der Waals surface area contributed by atoms with Gasteiger partial charge in [-0.1, -0.05) is 18.7 Å². The number of benzene rings is 1. The topological polar surface area (TPSA) is 59.8 Å². The van der Waals surface area contributed by atoms with Crippen LogP contribution in [0.3, 0.4) is 0 Å². The number of nitrogens with one attached hydrogen (secondary N) is 1. The maximum absolute atomic E-state index is 12.9. The average Bonchev–Trinajstić information content (AvgIpc) is 3.21. The number of aryl methyl sites for hydroxylation is 1. The number of carbonyl (C=O) groups excluding carboxylic acids is 1. The number of aromatic nitrogens is 3. The molecule has 3 aromatic rings. The largest absolute Gasteiger partial charge is 0.325 e. The first-order chi connectivity index (χ1) is 12.1. The summed E-state index contributed by atoms with van der Waals surface area (Å²) in [5.74, 6) is 0.480. The third kappa shape index (κ3) is 4.26. The first-order valence-corrected chi connectivity index (χ1v) is 9.58. The lowest BCUT2D eigenvalue weighted by molar-refractivity contribution is -0.113. The van der Waals surface area contributed by atoms with E-state index in [4.69, 9.17) is 0 Å². The van der Waals surface area contributed by atoms with Crippen molar-refractivity contribution in [2.24, 2.45) is 7.05 Å². The second kappa shape index (κ2) is 7.79. The van der Waals surface area contributed by atoms with Crippen LogP contribution in [0.5, 0.6) is 0 Å². The Bertz CT molecular complexity index is 873. The van der Waals surface area contributed by atoms with Gasteiger partial charge in [0.25, 0.3) is 0 Å². The van der Waals surface area contributed by atoms with Gasteiger partial charge in [0, 0.05) is 28.6 Å². The fourth-order valence-electron chi connectivity index (χ4n) is 2.24. The van der Waals surface area contributed by atoms with Gasteiger partial charge >= 0.3 is 0 Å². The molecule has 0 saturated heterocycles. The van der Waals surface area contributed by atoms with Crippen LogP contribution >= 0.6 is 23.1 Å². The number of anilines is 1. The van der Waals surface area contributed by atoms with Crippen molar-refractivity contribution in [3.8, 4) is 11.4 Å². The number of thioether (sulfide) groups is 1. The summed E-state index contributed by atoms with van der Waals surface area (Å²) in [7, 11) is 1.89. The lowest BCUT2D eigenvalue weighted by atomic mass is 10.2. The van der Waals surface area contributed by atoms with Gasteiger partial charge in [0.15, 0.2) is 11.0 Å². The van der Waals surface area contributed by atoms with Gasteiger partial charge < -0.3 is 9.88 Å². The van der Waals surface area contributed by atoms with Crippen molar-refractivity contribution in [3.63, 3.8) is 0 Å². The fraction of sp³-hybridized carbons (Fsp3) is 0.235. The summed E-state index contributed by atoms with van der Waals surface area (Å²) in [5.41, 5.74) is 1.61. The summed E-state index contributed by atoms with van der Waals surface area (Å²) < 4.78 is 14.8. The van der Waals surface area contributed by atoms with E-state index < -0.39 is 0 Å². The number of hydrogen-bond donors (Lipinski definition) is 1. The Labute approximate surface area is 153 Å². The van der Waals surface area contributed by atoms with Crippen molar-refractivity contribution in [2.45, 2.75) is 18.5 Å². The molecule has 0 radical (unpaired) electrons. The summed E-state index contributed by atoms with van der Waals surface area (Å²) in [6.45, 7) is 2.12. The molecule has 0 spiro atoms. The van der Waals surface area contributed by atoms with Crippen LogP contribution in [0.25, 0.3) is 11.4 Å². The molecule has 0 aliphatic carbocycles. The van der Waals surface area contributed by atoms with E-state index in [9.17, 15) is 9.18 Å². The summed E-state index contributed by atoms with van der Waals surface area (Å²) in [6.07, 6.45) is 0.994.